The molecule has 0 aliphatic carbocycles. The number of halogens is 2. The number of carbonyl (C=O) groups is 1. The lowest BCUT2D eigenvalue weighted by molar-refractivity contribution is -0.115. The average molecular weight is 802 g/mol. The van der Waals surface area contributed by atoms with Crippen LogP contribution in [0.2, 0.25) is 0 Å². The Bertz CT molecular complexity index is 990. The van der Waals surface area contributed by atoms with Crippen molar-refractivity contribution in [1.29, 1.82) is 0 Å². The van der Waals surface area contributed by atoms with E-state index < -0.39 is 14.5 Å². The van der Waals surface area contributed by atoms with E-state index in [1.807, 2.05) is 4.90 Å². The Morgan fingerprint density at radius 3 is 0.870 bits per heavy atom. The molecule has 0 unspecified atom stereocenters. The molecular weight excluding hydrogens is 732 g/mol. The number of rotatable bonds is 18. The molecule has 2 rings (SSSR count). The molecule has 0 aliphatic rings. The van der Waals surface area contributed by atoms with Gasteiger partial charge < -0.3 is 34.0 Å². The second-order valence-corrected chi connectivity index (χ2v) is 24.8. The molecule has 0 aromatic heterocycles. The van der Waals surface area contributed by atoms with Gasteiger partial charge in [0.05, 0.1) is 49.3 Å². The number of nitrogens with zero attached hydrogens (tertiary/aromatic N) is 1. The van der Waals surface area contributed by atoms with Gasteiger partial charge in [0.1, 0.15) is 0 Å². The Kier molecular flexibility index (Phi) is 20.9. The summed E-state index contributed by atoms with van der Waals surface area (Å²) in [5.74, 6) is 4.42. The smallest absolute Gasteiger partial charge is 0.228 e. The first-order valence-electron chi connectivity index (χ1n) is 17.6. The molecule has 0 bridgehead atoms. The van der Waals surface area contributed by atoms with Gasteiger partial charge in [0.2, 0.25) is 5.91 Å². The summed E-state index contributed by atoms with van der Waals surface area (Å²) in [5.41, 5.74) is 4.80. The number of anilines is 2. The SMILES string of the molecule is CC(=O)N(c1ccc(C[P+](CC(C)C)(CC(C)C)CC(C)C)cc1)c1ccc(C[P+](CC(C)C)(CC(C)C)CC(C)C)cc1.[Br-].[Br-]. The van der Waals surface area contributed by atoms with Gasteiger partial charge in [-0.25, -0.2) is 0 Å². The predicted octanol–water partition coefficient (Wildman–Crippen LogP) is 6.35. The lowest BCUT2D eigenvalue weighted by atomic mass is 10.1. The number of carbonyl (C=O) groups excluding carboxylic acids is 1. The summed E-state index contributed by atoms with van der Waals surface area (Å²) in [6, 6.07) is 18.0. The Morgan fingerprint density at radius 2 is 0.696 bits per heavy atom. The molecule has 0 saturated carbocycles. The van der Waals surface area contributed by atoms with Gasteiger partial charge >= 0.3 is 0 Å². The standard InChI is InChI=1S/C40H69NOP2.2BrH/c1-30(2)22-43(23-31(3)4,24-32(5)6)28-37-14-18-39(19-15-37)41(36(13)42)40-20-16-38(17-21-40)29-44(25-33(7)8,26-34(9)10)27-35(11)12;;/h14-21,30-35H,22-29H2,1-13H3;2*1H/q+2;;/p-2. The molecule has 0 atom stereocenters. The molecular formula is C40H69Br2NOP2. The Balaban J connectivity index is 0.0000101. The molecule has 2 nitrogen and oxygen atoms in total. The van der Waals surface area contributed by atoms with Crippen molar-refractivity contribution in [3.63, 3.8) is 0 Å². The van der Waals surface area contributed by atoms with Crippen LogP contribution in [0.15, 0.2) is 48.5 Å². The second-order valence-electron chi connectivity index (χ2n) is 16.6. The molecule has 0 radical (unpaired) electrons. The summed E-state index contributed by atoms with van der Waals surface area (Å²) in [6.07, 6.45) is 10.6. The van der Waals surface area contributed by atoms with Crippen molar-refractivity contribution in [2.75, 3.05) is 41.9 Å². The Labute approximate surface area is 308 Å². The van der Waals surface area contributed by atoms with E-state index in [4.69, 9.17) is 0 Å². The van der Waals surface area contributed by atoms with Crippen LogP contribution in [-0.2, 0) is 17.1 Å². The lowest BCUT2D eigenvalue weighted by Gasteiger charge is -2.33. The van der Waals surface area contributed by atoms with Crippen molar-refractivity contribution in [2.24, 2.45) is 35.5 Å². The molecule has 2 aromatic carbocycles. The molecule has 0 N–H and O–H groups in total. The van der Waals surface area contributed by atoms with Gasteiger partial charge in [0.15, 0.2) is 0 Å². The fraction of sp³-hybridized carbons (Fsp3) is 0.675. The first-order chi connectivity index (χ1) is 20.4. The molecule has 1 amide bonds. The molecule has 46 heavy (non-hydrogen) atoms. The first-order valence-corrected chi connectivity index (χ1v) is 22.7. The van der Waals surface area contributed by atoms with Gasteiger partial charge in [-0.05, 0) is 70.9 Å². The third kappa shape index (κ3) is 15.5. The number of hydrogen-bond donors (Lipinski definition) is 0. The summed E-state index contributed by atoms with van der Waals surface area (Å²) >= 11 is 0. The summed E-state index contributed by atoms with van der Waals surface area (Å²) in [4.78, 5) is 14.9. The largest absolute Gasteiger partial charge is 1.00 e. The zero-order valence-electron chi connectivity index (χ0n) is 31.7. The minimum Gasteiger partial charge on any atom is -1.00 e. The highest BCUT2D eigenvalue weighted by molar-refractivity contribution is 7.75. The number of hydrogen-bond acceptors (Lipinski definition) is 1. The first kappa shape index (κ1) is 45.7. The maximum Gasteiger partial charge on any atom is 0.228 e. The van der Waals surface area contributed by atoms with Crippen molar-refractivity contribution in [3.8, 4) is 0 Å². The zero-order chi connectivity index (χ0) is 33.2. The van der Waals surface area contributed by atoms with Crippen LogP contribution in [0.5, 0.6) is 0 Å². The maximum atomic E-state index is 13.0. The van der Waals surface area contributed by atoms with Gasteiger partial charge in [-0.15, -0.1) is 0 Å². The van der Waals surface area contributed by atoms with Crippen LogP contribution < -0.4 is 38.9 Å². The average Bonchev–Trinajstić information content (AvgIpc) is 2.83. The molecule has 0 aliphatic heterocycles. The van der Waals surface area contributed by atoms with Crippen molar-refractivity contribution >= 4 is 31.8 Å². The van der Waals surface area contributed by atoms with Gasteiger partial charge in [-0.3, -0.25) is 9.69 Å². The third-order valence-corrected chi connectivity index (χ3v) is 19.4. The minimum absolute atomic E-state index is 0. The minimum atomic E-state index is -1.13. The van der Waals surface area contributed by atoms with Crippen LogP contribution >= 0.6 is 14.5 Å². The zero-order valence-corrected chi connectivity index (χ0v) is 36.7. The van der Waals surface area contributed by atoms with Crippen molar-refractivity contribution in [3.05, 3.63) is 59.7 Å². The van der Waals surface area contributed by atoms with E-state index in [1.165, 1.54) is 60.4 Å². The van der Waals surface area contributed by atoms with E-state index in [-0.39, 0.29) is 39.9 Å². The van der Waals surface area contributed by atoms with Crippen molar-refractivity contribution in [1.82, 2.24) is 0 Å². The van der Waals surface area contributed by atoms with E-state index in [0.717, 1.165) is 46.9 Å². The summed E-state index contributed by atoms with van der Waals surface area (Å²) in [5, 5.41) is 0. The van der Waals surface area contributed by atoms with E-state index in [0.29, 0.717) is 0 Å². The maximum absolute atomic E-state index is 13.0. The number of benzene rings is 2. The van der Waals surface area contributed by atoms with Crippen molar-refractivity contribution < 1.29 is 38.8 Å². The molecule has 0 fully saturated rings. The molecule has 2 aromatic rings. The normalized spacial score (nSPS) is 12.3. The molecule has 0 spiro atoms. The molecule has 0 heterocycles. The molecule has 0 saturated heterocycles. The van der Waals surface area contributed by atoms with Gasteiger partial charge in [0, 0.05) is 32.8 Å². The van der Waals surface area contributed by atoms with Crippen LogP contribution in [0.25, 0.3) is 0 Å². The topological polar surface area (TPSA) is 20.3 Å². The van der Waals surface area contributed by atoms with E-state index in [2.05, 4.69) is 132 Å². The Hall–Kier alpha value is -0.270. The summed E-state index contributed by atoms with van der Waals surface area (Å²) < 4.78 is 0. The van der Waals surface area contributed by atoms with Crippen LogP contribution in [0, 0.1) is 35.5 Å². The van der Waals surface area contributed by atoms with Crippen LogP contribution in [0.1, 0.15) is 101 Å². The van der Waals surface area contributed by atoms with Gasteiger partial charge in [0.25, 0.3) is 0 Å². The fourth-order valence-electron chi connectivity index (χ4n) is 8.27. The summed E-state index contributed by atoms with van der Waals surface area (Å²) in [6.45, 7) is 30.5. The van der Waals surface area contributed by atoms with Crippen molar-refractivity contribution in [2.45, 2.75) is 102 Å². The predicted molar refractivity (Wildman–Crippen MR) is 205 cm³/mol. The van der Waals surface area contributed by atoms with Crippen LogP contribution in [0.4, 0.5) is 11.4 Å². The van der Waals surface area contributed by atoms with E-state index in [1.54, 1.807) is 6.92 Å². The second kappa shape index (κ2) is 21.1. The van der Waals surface area contributed by atoms with Crippen LogP contribution in [0.3, 0.4) is 0 Å². The van der Waals surface area contributed by atoms with Gasteiger partial charge in [-0.1, -0.05) is 107 Å². The third-order valence-electron chi connectivity index (χ3n) is 8.25. The quantitative estimate of drug-likeness (QED) is 0.161. The van der Waals surface area contributed by atoms with Crippen LogP contribution in [-0.4, -0.2) is 42.9 Å². The lowest BCUT2D eigenvalue weighted by Crippen LogP contribution is -3.00. The molecule has 6 heteroatoms. The highest BCUT2D eigenvalue weighted by Crippen LogP contribution is 2.65. The molecule has 264 valence electrons. The monoisotopic (exact) mass is 799 g/mol. The summed E-state index contributed by atoms with van der Waals surface area (Å²) in [7, 11) is -2.26. The highest BCUT2D eigenvalue weighted by Gasteiger charge is 2.41. The number of amides is 1. The van der Waals surface area contributed by atoms with Gasteiger partial charge in [-0.2, -0.15) is 0 Å². The highest BCUT2D eigenvalue weighted by atomic mass is 79.9. The fourth-order valence-corrected chi connectivity index (χ4v) is 21.2. The van der Waals surface area contributed by atoms with E-state index >= 15 is 0 Å². The van der Waals surface area contributed by atoms with E-state index in [9.17, 15) is 4.79 Å². The Morgan fingerprint density at radius 1 is 0.478 bits per heavy atom.